The van der Waals surface area contributed by atoms with Crippen molar-refractivity contribution in [3.8, 4) is 0 Å². The van der Waals surface area contributed by atoms with Crippen molar-refractivity contribution in [1.29, 1.82) is 0 Å². The molecule has 74 valence electrons. The lowest BCUT2D eigenvalue weighted by molar-refractivity contribution is 0.742. The zero-order chi connectivity index (χ0) is 9.80. The number of rotatable bonds is 2. The van der Waals surface area contributed by atoms with E-state index >= 15 is 0 Å². The highest BCUT2D eigenvalue weighted by atomic mass is 127. The molecule has 0 unspecified atom stereocenters. The zero-order valence-electron chi connectivity index (χ0n) is 8.30. The van der Waals surface area contributed by atoms with Gasteiger partial charge in [-0.25, -0.2) is 0 Å². The fraction of sp³-hybridized carbons (Fsp3) is 0.385. The first-order chi connectivity index (χ1) is 6.90. The first-order valence-electron chi connectivity index (χ1n) is 5.24. The summed E-state index contributed by atoms with van der Waals surface area (Å²) >= 11 is 2.40. The lowest BCUT2D eigenvalue weighted by Crippen LogP contribution is -1.91. The van der Waals surface area contributed by atoms with E-state index in [1.165, 1.54) is 36.8 Å². The van der Waals surface area contributed by atoms with Crippen LogP contribution < -0.4 is 0 Å². The largest absolute Gasteiger partial charge is 0.0812 e. The van der Waals surface area contributed by atoms with E-state index in [1.54, 1.807) is 5.57 Å². The maximum absolute atomic E-state index is 2.41. The van der Waals surface area contributed by atoms with Crippen molar-refractivity contribution in [2.24, 2.45) is 0 Å². The van der Waals surface area contributed by atoms with E-state index in [4.69, 9.17) is 0 Å². The molecule has 0 aliphatic heterocycles. The second kappa shape index (κ2) is 4.96. The minimum Gasteiger partial charge on any atom is -0.0812 e. The molecule has 1 aliphatic carbocycles. The number of alkyl halides is 1. The summed E-state index contributed by atoms with van der Waals surface area (Å²) in [7, 11) is 0. The molecule has 0 saturated heterocycles. The van der Waals surface area contributed by atoms with E-state index in [2.05, 4.69) is 52.9 Å². The fourth-order valence-electron chi connectivity index (χ4n) is 1.91. The monoisotopic (exact) mass is 298 g/mol. The molecule has 0 amide bonds. The number of hydrogen-bond acceptors (Lipinski definition) is 0. The Morgan fingerprint density at radius 2 is 1.86 bits per heavy atom. The smallest absolute Gasteiger partial charge is 0.0247 e. The Bertz CT molecular complexity index is 322. The Morgan fingerprint density at radius 3 is 2.43 bits per heavy atom. The Kier molecular flexibility index (Phi) is 3.62. The van der Waals surface area contributed by atoms with Gasteiger partial charge in [0.2, 0.25) is 0 Å². The first kappa shape index (κ1) is 10.2. The van der Waals surface area contributed by atoms with Gasteiger partial charge in [0, 0.05) is 4.43 Å². The van der Waals surface area contributed by atoms with Gasteiger partial charge in [0.15, 0.2) is 0 Å². The Labute approximate surface area is 99.6 Å². The van der Waals surface area contributed by atoms with Crippen LogP contribution in [0.2, 0.25) is 0 Å². The molecule has 0 spiro atoms. The van der Waals surface area contributed by atoms with E-state index in [-0.39, 0.29) is 0 Å². The zero-order valence-corrected chi connectivity index (χ0v) is 10.5. The minimum atomic E-state index is 1.11. The van der Waals surface area contributed by atoms with Crippen molar-refractivity contribution in [2.45, 2.75) is 30.1 Å². The van der Waals surface area contributed by atoms with Crippen molar-refractivity contribution in [3.05, 3.63) is 41.5 Å². The quantitative estimate of drug-likeness (QED) is 0.554. The number of benzene rings is 1. The van der Waals surface area contributed by atoms with Gasteiger partial charge in [0.05, 0.1) is 0 Å². The van der Waals surface area contributed by atoms with Crippen LogP contribution in [-0.4, -0.2) is 0 Å². The summed E-state index contributed by atoms with van der Waals surface area (Å²) < 4.78 is 1.11. The Hall–Kier alpha value is -0.310. The van der Waals surface area contributed by atoms with Crippen LogP contribution in [0.5, 0.6) is 0 Å². The van der Waals surface area contributed by atoms with Crippen LogP contribution in [-0.2, 0) is 4.43 Å². The maximum Gasteiger partial charge on any atom is 0.0247 e. The summed E-state index contributed by atoms with van der Waals surface area (Å²) in [4.78, 5) is 0. The average Bonchev–Trinajstić information content (AvgIpc) is 2.30. The third-order valence-electron chi connectivity index (χ3n) is 2.77. The van der Waals surface area contributed by atoms with Crippen LogP contribution in [0.15, 0.2) is 30.3 Å². The second-order valence-electron chi connectivity index (χ2n) is 3.81. The van der Waals surface area contributed by atoms with Crippen LogP contribution in [0.4, 0.5) is 0 Å². The van der Waals surface area contributed by atoms with Gasteiger partial charge in [0.1, 0.15) is 0 Å². The highest BCUT2D eigenvalue weighted by molar-refractivity contribution is 14.1. The molecule has 14 heavy (non-hydrogen) atoms. The molecule has 2 rings (SSSR count). The maximum atomic E-state index is 2.41. The van der Waals surface area contributed by atoms with Gasteiger partial charge in [0.25, 0.3) is 0 Å². The molecule has 0 bridgehead atoms. The SMILES string of the molecule is ICc1ccc(C2=CCCCC2)cc1. The Balaban J connectivity index is 2.19. The Morgan fingerprint density at radius 1 is 1.07 bits per heavy atom. The van der Waals surface area contributed by atoms with E-state index in [0.29, 0.717) is 0 Å². The molecular weight excluding hydrogens is 283 g/mol. The van der Waals surface area contributed by atoms with E-state index in [0.717, 1.165) is 4.43 Å². The topological polar surface area (TPSA) is 0 Å². The summed E-state index contributed by atoms with van der Waals surface area (Å²) in [5.41, 5.74) is 4.40. The van der Waals surface area contributed by atoms with Gasteiger partial charge < -0.3 is 0 Å². The molecule has 1 aliphatic rings. The van der Waals surface area contributed by atoms with Gasteiger partial charge in [-0.2, -0.15) is 0 Å². The first-order valence-corrected chi connectivity index (χ1v) is 6.77. The van der Waals surface area contributed by atoms with Crippen LogP contribution in [0.1, 0.15) is 36.8 Å². The summed E-state index contributed by atoms with van der Waals surface area (Å²) in [5.74, 6) is 0. The van der Waals surface area contributed by atoms with Crippen molar-refractivity contribution < 1.29 is 0 Å². The second-order valence-corrected chi connectivity index (χ2v) is 4.57. The van der Waals surface area contributed by atoms with Crippen molar-refractivity contribution in [2.75, 3.05) is 0 Å². The van der Waals surface area contributed by atoms with Gasteiger partial charge in [-0.3, -0.25) is 0 Å². The molecule has 1 aromatic carbocycles. The molecule has 0 atom stereocenters. The highest BCUT2D eigenvalue weighted by Crippen LogP contribution is 2.26. The predicted octanol–water partition coefficient (Wildman–Crippen LogP) is 4.58. The molecular formula is C13H15I. The third-order valence-corrected chi connectivity index (χ3v) is 3.65. The van der Waals surface area contributed by atoms with Crippen LogP contribution in [0.3, 0.4) is 0 Å². The molecule has 0 heterocycles. The molecule has 1 heteroatoms. The molecule has 0 aromatic heterocycles. The van der Waals surface area contributed by atoms with Crippen LogP contribution in [0.25, 0.3) is 5.57 Å². The summed E-state index contributed by atoms with van der Waals surface area (Å²) in [6.45, 7) is 0. The minimum absolute atomic E-state index is 1.11. The van der Waals surface area contributed by atoms with Gasteiger partial charge >= 0.3 is 0 Å². The van der Waals surface area contributed by atoms with Crippen LogP contribution in [0, 0.1) is 0 Å². The van der Waals surface area contributed by atoms with Gasteiger partial charge in [-0.15, -0.1) is 0 Å². The van der Waals surface area contributed by atoms with E-state index in [1.807, 2.05) is 0 Å². The summed E-state index contributed by atoms with van der Waals surface area (Å²) in [6, 6.07) is 9.03. The molecule has 0 fully saturated rings. The lowest BCUT2D eigenvalue weighted by atomic mass is 9.93. The molecule has 1 aromatic rings. The van der Waals surface area contributed by atoms with Crippen molar-refractivity contribution in [3.63, 3.8) is 0 Å². The molecule has 0 radical (unpaired) electrons. The van der Waals surface area contributed by atoms with Gasteiger partial charge in [-0.1, -0.05) is 52.9 Å². The molecule has 0 nitrogen and oxygen atoms in total. The third kappa shape index (κ3) is 2.38. The van der Waals surface area contributed by atoms with Crippen molar-refractivity contribution in [1.82, 2.24) is 0 Å². The van der Waals surface area contributed by atoms with Gasteiger partial charge in [-0.05, 0) is 42.4 Å². The lowest BCUT2D eigenvalue weighted by Gasteiger charge is -2.12. The molecule has 0 N–H and O–H groups in total. The summed E-state index contributed by atoms with van der Waals surface area (Å²) in [6.07, 6.45) is 7.67. The molecule has 0 saturated carbocycles. The van der Waals surface area contributed by atoms with Crippen molar-refractivity contribution >= 4 is 28.2 Å². The predicted molar refractivity (Wildman–Crippen MR) is 70.6 cm³/mol. The normalized spacial score (nSPS) is 16.5. The number of allylic oxidation sites excluding steroid dienone is 2. The number of hydrogen-bond donors (Lipinski definition) is 0. The van der Waals surface area contributed by atoms with Crippen LogP contribution >= 0.6 is 22.6 Å². The van der Waals surface area contributed by atoms with E-state index < -0.39 is 0 Å². The fourth-order valence-corrected chi connectivity index (χ4v) is 2.42. The number of halogens is 1. The summed E-state index contributed by atoms with van der Waals surface area (Å²) in [5, 5.41) is 0. The average molecular weight is 298 g/mol. The standard InChI is InChI=1S/C13H15I/c14-10-11-6-8-13(9-7-11)12-4-2-1-3-5-12/h4,6-9H,1-3,5,10H2. The highest BCUT2D eigenvalue weighted by Gasteiger charge is 2.05. The van der Waals surface area contributed by atoms with E-state index in [9.17, 15) is 0 Å².